The van der Waals surface area contributed by atoms with E-state index < -0.39 is 0 Å². The van der Waals surface area contributed by atoms with Crippen LogP contribution in [0.25, 0.3) is 0 Å². The average molecular weight is 305 g/mol. The highest BCUT2D eigenvalue weighted by molar-refractivity contribution is 5.93. The van der Waals surface area contributed by atoms with Crippen LogP contribution in [0.3, 0.4) is 0 Å². The highest BCUT2D eigenvalue weighted by Crippen LogP contribution is 2.16. The van der Waals surface area contributed by atoms with Gasteiger partial charge in [-0.1, -0.05) is 0 Å². The number of aryl methyl sites for hydroxylation is 1. The first-order valence-corrected chi connectivity index (χ1v) is 7.80. The number of likely N-dealkylation sites (N-methyl/N-ethyl adjacent to an activating group) is 1. The fourth-order valence-corrected chi connectivity index (χ4v) is 2.79. The van der Waals surface area contributed by atoms with Gasteiger partial charge in [0.1, 0.15) is 17.3 Å². The topological polar surface area (TPSA) is 61.8 Å². The molecule has 0 aliphatic carbocycles. The first-order chi connectivity index (χ1) is 10.6. The van der Waals surface area contributed by atoms with E-state index in [-0.39, 0.29) is 5.91 Å². The molecule has 0 aromatic carbocycles. The number of anilines is 1. The third-order valence-electron chi connectivity index (χ3n) is 4.17. The Balaban J connectivity index is 1.78. The summed E-state index contributed by atoms with van der Waals surface area (Å²) in [5.74, 6) is 1.48. The molecule has 3 rings (SSSR count). The van der Waals surface area contributed by atoms with Gasteiger partial charge in [-0.3, -0.25) is 4.79 Å². The molecule has 0 spiro atoms. The third-order valence-corrected chi connectivity index (χ3v) is 4.17. The van der Waals surface area contributed by atoms with Crippen molar-refractivity contribution < 1.29 is 9.53 Å². The molecule has 2 fully saturated rings. The summed E-state index contributed by atoms with van der Waals surface area (Å²) in [4.78, 5) is 27.8. The number of aromatic nitrogens is 2. The van der Waals surface area contributed by atoms with Gasteiger partial charge in [-0.15, -0.1) is 0 Å². The van der Waals surface area contributed by atoms with Gasteiger partial charge < -0.3 is 19.4 Å². The van der Waals surface area contributed by atoms with Crippen LogP contribution in [0.5, 0.6) is 0 Å². The molecule has 1 aromatic rings. The summed E-state index contributed by atoms with van der Waals surface area (Å²) >= 11 is 0. The van der Waals surface area contributed by atoms with Crippen LogP contribution in [-0.2, 0) is 4.74 Å². The SMILES string of the molecule is Cc1nc(C(=O)N2CCOCC2)cc(N2CCN(C)CC2)n1. The van der Waals surface area contributed by atoms with Crippen LogP contribution in [0.1, 0.15) is 16.3 Å². The summed E-state index contributed by atoms with van der Waals surface area (Å²) in [6.07, 6.45) is 0. The van der Waals surface area contributed by atoms with Crippen LogP contribution < -0.4 is 4.90 Å². The van der Waals surface area contributed by atoms with Gasteiger partial charge in [0.15, 0.2) is 0 Å². The first kappa shape index (κ1) is 15.2. The molecule has 7 heteroatoms. The number of carbonyl (C=O) groups excluding carboxylic acids is 1. The van der Waals surface area contributed by atoms with Crippen LogP contribution in [0.2, 0.25) is 0 Å². The molecule has 22 heavy (non-hydrogen) atoms. The smallest absolute Gasteiger partial charge is 0.272 e. The lowest BCUT2D eigenvalue weighted by atomic mass is 10.2. The minimum absolute atomic E-state index is 0.0239. The van der Waals surface area contributed by atoms with Crippen LogP contribution in [0.15, 0.2) is 6.07 Å². The number of amides is 1. The minimum atomic E-state index is -0.0239. The van der Waals surface area contributed by atoms with E-state index in [1.165, 1.54) is 0 Å². The van der Waals surface area contributed by atoms with E-state index in [4.69, 9.17) is 4.74 Å². The van der Waals surface area contributed by atoms with Crippen LogP contribution >= 0.6 is 0 Å². The predicted molar refractivity (Wildman–Crippen MR) is 83.2 cm³/mol. The lowest BCUT2D eigenvalue weighted by Gasteiger charge is -2.33. The molecule has 1 aromatic heterocycles. The normalized spacial score (nSPS) is 20.3. The van der Waals surface area contributed by atoms with Crippen molar-refractivity contribution in [3.8, 4) is 0 Å². The molecule has 120 valence electrons. The Kier molecular flexibility index (Phi) is 4.54. The number of piperazine rings is 1. The van der Waals surface area contributed by atoms with Gasteiger partial charge in [0, 0.05) is 45.3 Å². The molecule has 0 radical (unpaired) electrons. The van der Waals surface area contributed by atoms with Gasteiger partial charge in [-0.25, -0.2) is 9.97 Å². The van der Waals surface area contributed by atoms with Gasteiger partial charge in [0.25, 0.3) is 5.91 Å². The van der Waals surface area contributed by atoms with E-state index >= 15 is 0 Å². The van der Waals surface area contributed by atoms with Crippen LogP contribution in [-0.4, -0.2) is 85.2 Å². The highest BCUT2D eigenvalue weighted by Gasteiger charge is 2.22. The molecule has 0 saturated carbocycles. The summed E-state index contributed by atoms with van der Waals surface area (Å²) in [7, 11) is 2.12. The van der Waals surface area contributed by atoms with Gasteiger partial charge in [0.2, 0.25) is 0 Å². The van der Waals surface area contributed by atoms with Gasteiger partial charge >= 0.3 is 0 Å². The number of morpholine rings is 1. The molecule has 0 atom stereocenters. The molecule has 2 aliphatic heterocycles. The number of carbonyl (C=O) groups is 1. The van der Waals surface area contributed by atoms with E-state index in [1.54, 1.807) is 4.90 Å². The maximum atomic E-state index is 12.6. The molecule has 0 unspecified atom stereocenters. The van der Waals surface area contributed by atoms with Gasteiger partial charge in [0.05, 0.1) is 13.2 Å². The quantitative estimate of drug-likeness (QED) is 0.767. The summed E-state index contributed by atoms with van der Waals surface area (Å²) in [5.41, 5.74) is 0.489. The Labute approximate surface area is 130 Å². The maximum Gasteiger partial charge on any atom is 0.272 e. The summed E-state index contributed by atoms with van der Waals surface area (Å²) in [5, 5.41) is 0. The van der Waals surface area contributed by atoms with Crippen molar-refractivity contribution in [1.82, 2.24) is 19.8 Å². The van der Waals surface area contributed by atoms with Gasteiger partial charge in [-0.2, -0.15) is 0 Å². The van der Waals surface area contributed by atoms with E-state index in [2.05, 4.69) is 26.8 Å². The Hall–Kier alpha value is -1.73. The second-order valence-electron chi connectivity index (χ2n) is 5.85. The molecule has 0 bridgehead atoms. The fourth-order valence-electron chi connectivity index (χ4n) is 2.79. The zero-order valence-electron chi connectivity index (χ0n) is 13.3. The lowest BCUT2D eigenvalue weighted by molar-refractivity contribution is 0.0299. The molecule has 2 aliphatic rings. The zero-order valence-corrected chi connectivity index (χ0v) is 13.3. The third kappa shape index (κ3) is 3.36. The van der Waals surface area contributed by atoms with Crippen molar-refractivity contribution in [3.63, 3.8) is 0 Å². The first-order valence-electron chi connectivity index (χ1n) is 7.80. The van der Waals surface area contributed by atoms with Crippen molar-refractivity contribution in [2.45, 2.75) is 6.92 Å². The van der Waals surface area contributed by atoms with Gasteiger partial charge in [-0.05, 0) is 14.0 Å². The number of ether oxygens (including phenoxy) is 1. The molecular weight excluding hydrogens is 282 g/mol. The van der Waals surface area contributed by atoms with E-state index in [1.807, 2.05) is 13.0 Å². The summed E-state index contributed by atoms with van der Waals surface area (Å²) in [6.45, 7) is 8.18. The van der Waals surface area contributed by atoms with Crippen molar-refractivity contribution in [3.05, 3.63) is 17.6 Å². The second-order valence-corrected chi connectivity index (χ2v) is 5.85. The van der Waals surface area contributed by atoms with E-state index in [9.17, 15) is 4.79 Å². The molecule has 2 saturated heterocycles. The van der Waals surface area contributed by atoms with E-state index in [0.29, 0.717) is 37.8 Å². The van der Waals surface area contributed by atoms with Crippen molar-refractivity contribution in [2.24, 2.45) is 0 Å². The fraction of sp³-hybridized carbons (Fsp3) is 0.667. The summed E-state index contributed by atoms with van der Waals surface area (Å²) < 4.78 is 5.30. The predicted octanol–water partition coefficient (Wildman–Crippen LogP) is 0.00922. The Morgan fingerprint density at radius 1 is 1.09 bits per heavy atom. The average Bonchev–Trinajstić information content (AvgIpc) is 2.55. The molecule has 7 nitrogen and oxygen atoms in total. The Morgan fingerprint density at radius 3 is 2.45 bits per heavy atom. The van der Waals surface area contributed by atoms with Crippen molar-refractivity contribution in [1.29, 1.82) is 0 Å². The number of rotatable bonds is 2. The molecular formula is C15H23N5O2. The minimum Gasteiger partial charge on any atom is -0.378 e. The lowest BCUT2D eigenvalue weighted by Crippen LogP contribution is -2.45. The maximum absolute atomic E-state index is 12.6. The van der Waals surface area contributed by atoms with Crippen LogP contribution in [0, 0.1) is 6.92 Å². The largest absolute Gasteiger partial charge is 0.378 e. The number of hydrogen-bond acceptors (Lipinski definition) is 6. The number of nitrogens with zero attached hydrogens (tertiary/aromatic N) is 5. The Bertz CT molecular complexity index is 537. The summed E-state index contributed by atoms with van der Waals surface area (Å²) in [6, 6.07) is 1.83. The van der Waals surface area contributed by atoms with Crippen molar-refractivity contribution >= 4 is 11.7 Å². The Morgan fingerprint density at radius 2 is 1.77 bits per heavy atom. The van der Waals surface area contributed by atoms with Crippen LogP contribution in [0.4, 0.5) is 5.82 Å². The highest BCUT2D eigenvalue weighted by atomic mass is 16.5. The van der Waals surface area contributed by atoms with E-state index in [0.717, 1.165) is 32.0 Å². The molecule has 3 heterocycles. The molecule has 1 amide bonds. The van der Waals surface area contributed by atoms with Crippen molar-refractivity contribution in [2.75, 3.05) is 64.4 Å². The number of hydrogen-bond donors (Lipinski definition) is 0. The second kappa shape index (κ2) is 6.58. The monoisotopic (exact) mass is 305 g/mol. The standard InChI is InChI=1S/C15H23N5O2/c1-12-16-13(15(21)20-7-9-22-10-8-20)11-14(17-12)19-5-3-18(2)4-6-19/h11H,3-10H2,1-2H3. The zero-order chi connectivity index (χ0) is 15.5. The molecule has 0 N–H and O–H groups in total.